The van der Waals surface area contributed by atoms with Crippen LogP contribution in [0.15, 0.2) is 79.1 Å². The normalized spacial score (nSPS) is 14.9. The lowest BCUT2D eigenvalue weighted by atomic mass is 9.97. The number of rotatable bonds is 9. The van der Waals surface area contributed by atoms with Crippen molar-refractivity contribution in [3.05, 3.63) is 100 Å². The summed E-state index contributed by atoms with van der Waals surface area (Å²) in [6.45, 7) is 3.78. The molecule has 0 spiro atoms. The second-order valence-corrected chi connectivity index (χ2v) is 9.95. The maximum atomic E-state index is 12.2. The lowest BCUT2D eigenvalue weighted by molar-refractivity contribution is -0.385. The van der Waals surface area contributed by atoms with E-state index in [-0.39, 0.29) is 29.5 Å². The van der Waals surface area contributed by atoms with E-state index in [1.807, 2.05) is 50.2 Å². The minimum atomic E-state index is -0.597. The van der Waals surface area contributed by atoms with Crippen LogP contribution in [0.2, 0.25) is 0 Å². The largest absolute Gasteiger partial charge is 0.485 e. The third kappa shape index (κ3) is 6.76. The van der Waals surface area contributed by atoms with Gasteiger partial charge in [0.05, 0.1) is 22.8 Å². The smallest absolute Gasteiger partial charge is 0.287 e. The summed E-state index contributed by atoms with van der Waals surface area (Å²) in [7, 11) is 0. The first-order chi connectivity index (χ1) is 19.7. The summed E-state index contributed by atoms with van der Waals surface area (Å²) in [5.41, 5.74) is 8.30. The van der Waals surface area contributed by atoms with E-state index in [1.54, 1.807) is 18.2 Å². The molecule has 2 aromatic carbocycles. The zero-order chi connectivity index (χ0) is 28.9. The quantitative estimate of drug-likeness (QED) is 0.188. The van der Waals surface area contributed by atoms with Gasteiger partial charge >= 0.3 is 0 Å². The van der Waals surface area contributed by atoms with E-state index in [0.717, 1.165) is 35.9 Å². The predicted octanol–water partition coefficient (Wildman–Crippen LogP) is 5.96. The highest BCUT2D eigenvalue weighted by Gasteiger charge is 2.23. The monoisotopic (exact) mass is 555 g/mol. The second-order valence-electron chi connectivity index (χ2n) is 9.95. The Kier molecular flexibility index (Phi) is 8.06. The van der Waals surface area contributed by atoms with Crippen molar-refractivity contribution in [3.63, 3.8) is 0 Å². The molecule has 1 unspecified atom stereocenters. The molecule has 0 radical (unpaired) electrons. The number of fused-ring (bicyclic) bond motifs is 1. The fraction of sp³-hybridized carbons (Fsp3) is 0.233. The summed E-state index contributed by atoms with van der Waals surface area (Å²) < 4.78 is 18.0. The molecule has 11 heteroatoms. The van der Waals surface area contributed by atoms with Crippen molar-refractivity contribution in [2.45, 2.75) is 38.8 Å². The number of aromatic nitrogens is 2. The molecule has 1 aliphatic rings. The minimum Gasteiger partial charge on any atom is -0.485 e. The number of benzene rings is 2. The molecular formula is C30H29N5O6. The Labute approximate surface area is 236 Å². The maximum Gasteiger partial charge on any atom is 0.287 e. The molecule has 41 heavy (non-hydrogen) atoms. The summed E-state index contributed by atoms with van der Waals surface area (Å²) in [5, 5.41) is 13.6. The highest BCUT2D eigenvalue weighted by Crippen LogP contribution is 2.38. The second kappa shape index (κ2) is 12.0. The van der Waals surface area contributed by atoms with Gasteiger partial charge in [0.25, 0.3) is 5.69 Å². The van der Waals surface area contributed by atoms with Gasteiger partial charge in [0.2, 0.25) is 17.7 Å². The van der Waals surface area contributed by atoms with E-state index < -0.39 is 11.0 Å². The van der Waals surface area contributed by atoms with Crippen LogP contribution < -0.4 is 25.3 Å². The Hall–Kier alpha value is -5.03. The molecule has 3 N–H and O–H groups in total. The van der Waals surface area contributed by atoms with Crippen molar-refractivity contribution in [2.24, 2.45) is 11.7 Å². The summed E-state index contributed by atoms with van der Waals surface area (Å²) in [4.78, 5) is 30.8. The summed E-state index contributed by atoms with van der Waals surface area (Å²) >= 11 is 0. The van der Waals surface area contributed by atoms with Gasteiger partial charge in [-0.25, -0.2) is 9.97 Å². The van der Waals surface area contributed by atoms with Crippen LogP contribution in [0.4, 0.5) is 11.4 Å². The summed E-state index contributed by atoms with van der Waals surface area (Å²) in [6.07, 6.45) is 4.05. The molecule has 4 aromatic rings. The Balaban J connectivity index is 1.20. The van der Waals surface area contributed by atoms with Crippen LogP contribution in [0.25, 0.3) is 0 Å². The minimum absolute atomic E-state index is 0.0278. The first kappa shape index (κ1) is 27.5. The number of nitro groups is 1. The average molecular weight is 556 g/mol. The molecule has 1 aliphatic heterocycles. The topological polar surface area (TPSA) is 152 Å². The highest BCUT2D eigenvalue weighted by molar-refractivity contribution is 5.94. The number of amides is 1. The molecule has 11 nitrogen and oxygen atoms in total. The molecule has 0 fully saturated rings. The molecule has 2 aromatic heterocycles. The van der Waals surface area contributed by atoms with Crippen molar-refractivity contribution >= 4 is 17.3 Å². The molecule has 0 bridgehead atoms. The van der Waals surface area contributed by atoms with Gasteiger partial charge < -0.3 is 25.3 Å². The Morgan fingerprint density at radius 2 is 1.76 bits per heavy atom. The lowest BCUT2D eigenvalue weighted by Gasteiger charge is -2.27. The number of nitrogens with zero attached hydrogens (tertiary/aromatic N) is 3. The number of hydrogen-bond acceptors (Lipinski definition) is 9. The molecule has 0 aliphatic carbocycles. The molecule has 0 saturated carbocycles. The maximum absolute atomic E-state index is 12.2. The van der Waals surface area contributed by atoms with Crippen LogP contribution in [0, 0.1) is 16.0 Å². The number of nitrogens with two attached hydrogens (primary N) is 1. The number of nitrogens with one attached hydrogen (secondary N) is 1. The van der Waals surface area contributed by atoms with Crippen molar-refractivity contribution in [3.8, 4) is 29.0 Å². The fourth-order valence-corrected chi connectivity index (χ4v) is 4.27. The van der Waals surface area contributed by atoms with Gasteiger partial charge in [-0.15, -0.1) is 0 Å². The number of pyridine rings is 2. The standard InChI is InChI=1S/C30H29N5O6/c1-18(2)29(31)30(36)34-21-7-12-27(32-16-21)40-24-9-11-26-20(15-24)6-10-25(41-26)19-4-3-5-23(14-19)39-28-13-8-22(17-33-28)35(37)38/h3-5,7-9,11-18,25,29H,6,10,31H2,1-2H3,(H,34,36)/t25?,29-/m0/s1. The Morgan fingerprint density at radius 3 is 2.41 bits per heavy atom. The fourth-order valence-electron chi connectivity index (χ4n) is 4.27. The SMILES string of the molecule is CC(C)[C@H](N)C(=O)Nc1ccc(Oc2ccc3c(c2)CCC(c2cccc(Oc4ccc([N+](=O)[O-])cn4)c2)O3)nc1. The molecule has 5 rings (SSSR count). The van der Waals surface area contributed by atoms with E-state index in [4.69, 9.17) is 19.9 Å². The first-order valence-corrected chi connectivity index (χ1v) is 13.1. The number of carbonyl (C=O) groups is 1. The van der Waals surface area contributed by atoms with Crippen molar-refractivity contribution < 1.29 is 23.9 Å². The van der Waals surface area contributed by atoms with Crippen LogP contribution in [0.3, 0.4) is 0 Å². The third-order valence-corrected chi connectivity index (χ3v) is 6.61. The van der Waals surface area contributed by atoms with Crippen molar-refractivity contribution in [1.29, 1.82) is 0 Å². The Morgan fingerprint density at radius 1 is 1.02 bits per heavy atom. The van der Waals surface area contributed by atoms with E-state index in [0.29, 0.717) is 23.1 Å². The zero-order valence-corrected chi connectivity index (χ0v) is 22.5. The van der Waals surface area contributed by atoms with Gasteiger partial charge in [-0.2, -0.15) is 0 Å². The Bertz CT molecular complexity index is 1540. The van der Waals surface area contributed by atoms with Gasteiger partial charge in [-0.05, 0) is 66.3 Å². The van der Waals surface area contributed by atoms with Gasteiger partial charge in [0.15, 0.2) is 0 Å². The van der Waals surface area contributed by atoms with E-state index in [2.05, 4.69) is 15.3 Å². The number of ether oxygens (including phenoxy) is 3. The predicted molar refractivity (Wildman–Crippen MR) is 151 cm³/mol. The molecule has 3 heterocycles. The van der Waals surface area contributed by atoms with Gasteiger partial charge in [-0.1, -0.05) is 26.0 Å². The zero-order valence-electron chi connectivity index (χ0n) is 22.5. The summed E-state index contributed by atoms with van der Waals surface area (Å²) in [6, 6.07) is 18.8. The number of hydrogen-bond donors (Lipinski definition) is 2. The molecule has 1 amide bonds. The van der Waals surface area contributed by atoms with E-state index in [1.165, 1.54) is 18.3 Å². The van der Waals surface area contributed by atoms with E-state index in [9.17, 15) is 14.9 Å². The lowest BCUT2D eigenvalue weighted by Crippen LogP contribution is -2.39. The summed E-state index contributed by atoms with van der Waals surface area (Å²) in [5.74, 6) is 2.38. The van der Waals surface area contributed by atoms with E-state index >= 15 is 0 Å². The number of aryl methyl sites for hydroxylation is 1. The van der Waals surface area contributed by atoms with Gasteiger partial charge in [0, 0.05) is 18.2 Å². The highest BCUT2D eigenvalue weighted by atomic mass is 16.6. The number of carbonyl (C=O) groups excluding carboxylic acids is 1. The van der Waals surface area contributed by atoms with Crippen LogP contribution in [-0.2, 0) is 11.2 Å². The first-order valence-electron chi connectivity index (χ1n) is 13.1. The van der Waals surface area contributed by atoms with Crippen molar-refractivity contribution in [1.82, 2.24) is 9.97 Å². The molecular weight excluding hydrogens is 526 g/mol. The van der Waals surface area contributed by atoms with Crippen molar-refractivity contribution in [2.75, 3.05) is 5.32 Å². The molecule has 0 saturated heterocycles. The third-order valence-electron chi connectivity index (χ3n) is 6.61. The molecule has 210 valence electrons. The molecule has 2 atom stereocenters. The van der Waals surface area contributed by atoms with Crippen LogP contribution in [0.5, 0.6) is 29.0 Å². The van der Waals surface area contributed by atoms with Gasteiger partial charge in [-0.3, -0.25) is 14.9 Å². The van der Waals surface area contributed by atoms with Crippen LogP contribution >= 0.6 is 0 Å². The van der Waals surface area contributed by atoms with Crippen LogP contribution in [-0.4, -0.2) is 26.8 Å². The van der Waals surface area contributed by atoms with Gasteiger partial charge in [0.1, 0.15) is 29.5 Å². The average Bonchev–Trinajstić information content (AvgIpc) is 2.98. The van der Waals surface area contributed by atoms with Crippen LogP contribution in [0.1, 0.15) is 37.5 Å². The number of anilines is 1.